The number of amides is 2. The summed E-state index contributed by atoms with van der Waals surface area (Å²) < 4.78 is 35.0. The summed E-state index contributed by atoms with van der Waals surface area (Å²) in [6.07, 6.45) is 9.49. The molecule has 64 heavy (non-hydrogen) atoms. The lowest BCUT2D eigenvalue weighted by atomic mass is 10.0. The summed E-state index contributed by atoms with van der Waals surface area (Å²) in [7, 11) is 8.34. The summed E-state index contributed by atoms with van der Waals surface area (Å²) in [4.78, 5) is 39.0. The van der Waals surface area contributed by atoms with Gasteiger partial charge in [0.25, 0.3) is 5.91 Å². The zero-order chi connectivity index (χ0) is 44.7. The number of rotatable bonds is 17. The Balaban J connectivity index is 0.962. The van der Waals surface area contributed by atoms with Crippen LogP contribution in [0, 0.1) is 6.92 Å². The van der Waals surface area contributed by atoms with E-state index in [9.17, 15) is 9.59 Å². The predicted molar refractivity (Wildman–Crippen MR) is 248 cm³/mol. The Morgan fingerprint density at radius 1 is 0.719 bits per heavy atom. The van der Waals surface area contributed by atoms with E-state index < -0.39 is 0 Å². The van der Waals surface area contributed by atoms with Crippen molar-refractivity contribution in [2.75, 3.05) is 35.5 Å². The van der Waals surface area contributed by atoms with E-state index >= 15 is 0 Å². The largest absolute Gasteiger partial charge is 0.497 e. The second-order valence-corrected chi connectivity index (χ2v) is 15.7. The fourth-order valence-corrected chi connectivity index (χ4v) is 8.13. The van der Waals surface area contributed by atoms with Crippen LogP contribution in [0.3, 0.4) is 0 Å². The molecule has 0 aromatic heterocycles. The molecule has 5 aromatic carbocycles. The number of fused-ring (bicyclic) bond motifs is 2. The van der Waals surface area contributed by atoms with Gasteiger partial charge in [0.15, 0.2) is 23.0 Å². The molecule has 0 fully saturated rings. The third-order valence-corrected chi connectivity index (χ3v) is 11.5. The number of hydrogen-bond donors (Lipinski definition) is 1. The van der Waals surface area contributed by atoms with E-state index in [1.165, 1.54) is 0 Å². The fourth-order valence-electron chi connectivity index (χ4n) is 8.13. The average molecular weight is 862 g/mol. The Morgan fingerprint density at radius 3 is 1.91 bits per heavy atom. The molecule has 13 heteroatoms. The molecule has 3 aliphatic rings. The molecule has 2 amide bonds. The topological polar surface area (TPSA) is 133 Å². The van der Waals surface area contributed by atoms with E-state index in [1.54, 1.807) is 56.6 Å². The van der Waals surface area contributed by atoms with Crippen LogP contribution in [0.4, 0.5) is 11.4 Å². The number of aryl methyl sites for hydroxylation is 1. The van der Waals surface area contributed by atoms with Crippen LogP contribution in [-0.2, 0) is 24.6 Å². The predicted octanol–water partition coefficient (Wildman–Crippen LogP) is 8.85. The van der Waals surface area contributed by atoms with Gasteiger partial charge in [0, 0.05) is 56.3 Å². The molecule has 0 aliphatic carbocycles. The number of nitrogens with zero attached hydrogens (tertiary/aromatic N) is 4. The molecule has 13 nitrogen and oxygen atoms in total. The minimum Gasteiger partial charge on any atom is -0.497 e. The van der Waals surface area contributed by atoms with Crippen molar-refractivity contribution in [2.45, 2.75) is 51.6 Å². The van der Waals surface area contributed by atoms with Gasteiger partial charge in [-0.25, -0.2) is 0 Å². The highest BCUT2D eigenvalue weighted by Crippen LogP contribution is 2.41. The average Bonchev–Trinajstić information content (AvgIpc) is 3.93. The van der Waals surface area contributed by atoms with Gasteiger partial charge in [-0.3, -0.25) is 19.6 Å². The van der Waals surface area contributed by atoms with Crippen LogP contribution in [0.2, 0.25) is 0 Å². The van der Waals surface area contributed by atoms with Gasteiger partial charge in [-0.15, -0.1) is 0 Å². The molecule has 5 aromatic rings. The maximum atomic E-state index is 13.9. The van der Waals surface area contributed by atoms with Gasteiger partial charge in [-0.1, -0.05) is 36.4 Å². The van der Waals surface area contributed by atoms with E-state index in [-0.39, 0.29) is 31.2 Å². The maximum absolute atomic E-state index is 13.9. The Bertz CT molecular complexity index is 2660. The minimum atomic E-state index is -0.244. The minimum absolute atomic E-state index is 0.158. The van der Waals surface area contributed by atoms with Crippen molar-refractivity contribution in [1.29, 1.82) is 0 Å². The monoisotopic (exact) mass is 861 g/mol. The van der Waals surface area contributed by atoms with Gasteiger partial charge in [-0.2, -0.15) is 0 Å². The normalized spacial score (nSPS) is 16.5. The molecule has 0 saturated carbocycles. The van der Waals surface area contributed by atoms with Crippen LogP contribution >= 0.6 is 0 Å². The summed E-state index contributed by atoms with van der Waals surface area (Å²) in [6, 6.07) is 28.6. The molecule has 0 spiro atoms. The van der Waals surface area contributed by atoms with E-state index in [4.69, 9.17) is 38.4 Å². The quantitative estimate of drug-likeness (QED) is 0.0720. The van der Waals surface area contributed by atoms with E-state index in [2.05, 4.69) is 17.4 Å². The molecule has 0 saturated heterocycles. The first kappa shape index (κ1) is 43.3. The number of carbonyl (C=O) groups is 2. The molecule has 8 rings (SSSR count). The van der Waals surface area contributed by atoms with Gasteiger partial charge in [0.2, 0.25) is 6.41 Å². The fraction of sp³-hybridized carbons (Fsp3) is 0.255. The van der Waals surface area contributed by atoms with Crippen molar-refractivity contribution in [3.63, 3.8) is 0 Å². The van der Waals surface area contributed by atoms with E-state index in [0.717, 1.165) is 62.4 Å². The van der Waals surface area contributed by atoms with Crippen molar-refractivity contribution in [3.05, 3.63) is 142 Å². The Hall–Kier alpha value is -7.38. The molecule has 2 unspecified atom stereocenters. The van der Waals surface area contributed by atoms with Crippen molar-refractivity contribution in [2.24, 2.45) is 9.98 Å². The van der Waals surface area contributed by atoms with Crippen LogP contribution in [0.25, 0.3) is 11.1 Å². The zero-order valence-corrected chi connectivity index (χ0v) is 36.8. The molecular formula is C51H51N5O8. The first-order valence-corrected chi connectivity index (χ1v) is 21.0. The Labute approximate surface area is 373 Å². The van der Waals surface area contributed by atoms with Crippen molar-refractivity contribution in [3.8, 4) is 34.5 Å². The number of benzene rings is 5. The Morgan fingerprint density at radius 2 is 1.31 bits per heavy atom. The SMILES string of the molecule is CNCc1cc(COc2cc(N=CC3CC(c4ccc(OC)cc4)=CN3C=O)c(C)cc2OC)cc(COc2cc3c(cc2OC)C(=O)N2C=C(c4ccc(OC)cc4)CC2C=N3)c1. The highest BCUT2D eigenvalue weighted by Gasteiger charge is 2.33. The molecule has 0 bridgehead atoms. The van der Waals surface area contributed by atoms with E-state index in [0.29, 0.717) is 59.3 Å². The third-order valence-electron chi connectivity index (χ3n) is 11.5. The van der Waals surface area contributed by atoms with Crippen LogP contribution in [0.1, 0.15) is 56.6 Å². The number of nitrogens with one attached hydrogen (secondary N) is 1. The highest BCUT2D eigenvalue weighted by atomic mass is 16.5. The molecule has 3 heterocycles. The van der Waals surface area contributed by atoms with Crippen molar-refractivity contribution < 1.29 is 38.0 Å². The summed E-state index contributed by atoms with van der Waals surface area (Å²) >= 11 is 0. The second-order valence-electron chi connectivity index (χ2n) is 15.7. The number of hydrogen-bond acceptors (Lipinski definition) is 11. The summed E-state index contributed by atoms with van der Waals surface area (Å²) in [5.41, 5.74) is 9.58. The molecule has 328 valence electrons. The van der Waals surface area contributed by atoms with Crippen molar-refractivity contribution in [1.82, 2.24) is 15.1 Å². The van der Waals surface area contributed by atoms with Crippen LogP contribution in [-0.4, -0.2) is 82.1 Å². The van der Waals surface area contributed by atoms with E-state index in [1.807, 2.05) is 99.3 Å². The first-order valence-electron chi connectivity index (χ1n) is 21.0. The van der Waals surface area contributed by atoms with Crippen molar-refractivity contribution >= 4 is 47.3 Å². The molecule has 0 radical (unpaired) electrons. The zero-order valence-electron chi connectivity index (χ0n) is 36.8. The molecule has 3 aliphatic heterocycles. The number of ether oxygens (including phenoxy) is 6. The van der Waals surface area contributed by atoms with Crippen LogP contribution in [0.15, 0.2) is 113 Å². The first-order chi connectivity index (χ1) is 31.2. The maximum Gasteiger partial charge on any atom is 0.260 e. The van der Waals surface area contributed by atoms with Crippen LogP contribution in [0.5, 0.6) is 34.5 Å². The number of methoxy groups -OCH3 is 4. The summed E-state index contributed by atoms with van der Waals surface area (Å²) in [5.74, 6) is 3.40. The lowest BCUT2D eigenvalue weighted by Crippen LogP contribution is -2.32. The number of carbonyl (C=O) groups excluding carboxylic acids is 2. The molecule has 1 N–H and O–H groups in total. The Kier molecular flexibility index (Phi) is 13.1. The smallest absolute Gasteiger partial charge is 0.260 e. The highest BCUT2D eigenvalue weighted by molar-refractivity contribution is 6.05. The third kappa shape index (κ3) is 9.35. The molecular weight excluding hydrogens is 811 g/mol. The second kappa shape index (κ2) is 19.3. The van der Waals surface area contributed by atoms with Gasteiger partial charge in [0.1, 0.15) is 24.7 Å². The lowest BCUT2D eigenvalue weighted by Gasteiger charge is -2.19. The standard InChI is InChI=1S/C51H51N5O8/c1-32-15-47(61-5)49(22-45(32)53-25-40-19-38(27-55(40)31-57)36-7-11-42(59-3)12-8-36)63-29-34-16-33(24-52-2)17-35(18-34)30-64-50-23-46-44(21-48(50)62-6)51(58)56-28-39(20-41(56)26-54-46)37-9-13-43(60-4)14-10-37/h7-18,21-23,25-28,31,40-41,52H,19-20,24,29-30H2,1-6H3. The van der Waals surface area contributed by atoms with Gasteiger partial charge < -0.3 is 43.5 Å². The van der Waals surface area contributed by atoms with Gasteiger partial charge in [-0.05, 0) is 101 Å². The van der Waals surface area contributed by atoms with Crippen LogP contribution < -0.4 is 33.7 Å². The number of aliphatic imine (C=N–C) groups is 2. The molecule has 2 atom stereocenters. The summed E-state index contributed by atoms with van der Waals surface area (Å²) in [6.45, 7) is 3.06. The lowest BCUT2D eigenvalue weighted by molar-refractivity contribution is -0.116. The van der Waals surface area contributed by atoms with Gasteiger partial charge in [0.05, 0.1) is 57.5 Å². The summed E-state index contributed by atoms with van der Waals surface area (Å²) in [5, 5.41) is 3.24. The van der Waals surface area contributed by atoms with Gasteiger partial charge >= 0.3 is 0 Å².